The molecule has 1 fully saturated rings. The van der Waals surface area contributed by atoms with Gasteiger partial charge in [0.25, 0.3) is 5.91 Å². The SMILES string of the molecule is COc1cc(/C=C2\SC(=NCc3ccccc3)N(Cc3ccccc3)C2=O)cc(I)c1OCc1ccccc1. The van der Waals surface area contributed by atoms with Crippen molar-refractivity contribution in [2.24, 2.45) is 4.99 Å². The Morgan fingerprint density at radius 2 is 1.49 bits per heavy atom. The first-order valence-electron chi connectivity index (χ1n) is 12.5. The van der Waals surface area contributed by atoms with Crippen LogP contribution in [-0.2, 0) is 24.5 Å². The van der Waals surface area contributed by atoms with Crippen molar-refractivity contribution in [2.75, 3.05) is 7.11 Å². The van der Waals surface area contributed by atoms with E-state index in [1.807, 2.05) is 109 Å². The molecular weight excluding hydrogens is 619 g/mol. The summed E-state index contributed by atoms with van der Waals surface area (Å²) >= 11 is 3.66. The van der Waals surface area contributed by atoms with Crippen molar-refractivity contribution >= 4 is 51.5 Å². The van der Waals surface area contributed by atoms with Gasteiger partial charge in [0.05, 0.1) is 28.7 Å². The maximum Gasteiger partial charge on any atom is 0.267 e. The predicted molar refractivity (Wildman–Crippen MR) is 167 cm³/mol. The zero-order chi connectivity index (χ0) is 27.0. The molecule has 1 saturated heterocycles. The van der Waals surface area contributed by atoms with Crippen molar-refractivity contribution in [2.45, 2.75) is 19.7 Å². The van der Waals surface area contributed by atoms with Crippen LogP contribution in [0.1, 0.15) is 22.3 Å². The fourth-order valence-electron chi connectivity index (χ4n) is 4.12. The van der Waals surface area contributed by atoms with Gasteiger partial charge < -0.3 is 9.47 Å². The number of nitrogens with zero attached hydrogens (tertiary/aromatic N) is 2. The third-order valence-corrected chi connectivity index (χ3v) is 7.93. The van der Waals surface area contributed by atoms with E-state index in [9.17, 15) is 4.79 Å². The second-order valence-electron chi connectivity index (χ2n) is 8.88. The standard InChI is InChI=1S/C32H27IN2O3S/c1-37-28-18-26(17-27(33)30(28)38-22-25-15-9-4-10-16-25)19-29-31(36)35(21-24-13-7-3-8-14-24)32(39-29)34-20-23-11-5-2-6-12-23/h2-19H,20-22H2,1H3/b29-19-,34-32?. The second kappa shape index (κ2) is 13.0. The van der Waals surface area contributed by atoms with Gasteiger partial charge in [0.1, 0.15) is 6.61 Å². The van der Waals surface area contributed by atoms with E-state index in [-0.39, 0.29) is 5.91 Å². The summed E-state index contributed by atoms with van der Waals surface area (Å²) in [6.45, 7) is 1.41. The average Bonchev–Trinajstić information content (AvgIpc) is 3.26. The van der Waals surface area contributed by atoms with Crippen LogP contribution >= 0.6 is 34.4 Å². The van der Waals surface area contributed by atoms with Gasteiger partial charge in [0.15, 0.2) is 16.7 Å². The Labute approximate surface area is 246 Å². The van der Waals surface area contributed by atoms with E-state index in [2.05, 4.69) is 22.6 Å². The predicted octanol–water partition coefficient (Wildman–Crippen LogP) is 7.55. The summed E-state index contributed by atoms with van der Waals surface area (Å²) in [6.07, 6.45) is 1.90. The highest BCUT2D eigenvalue weighted by Crippen LogP contribution is 2.38. The maximum atomic E-state index is 13.6. The molecule has 7 heteroatoms. The minimum Gasteiger partial charge on any atom is -0.493 e. The molecule has 1 aliphatic rings. The number of amides is 1. The van der Waals surface area contributed by atoms with E-state index in [1.165, 1.54) is 11.8 Å². The van der Waals surface area contributed by atoms with Crippen molar-refractivity contribution in [1.82, 2.24) is 4.90 Å². The van der Waals surface area contributed by atoms with Crippen molar-refractivity contribution in [3.8, 4) is 11.5 Å². The number of carbonyl (C=O) groups is 1. The van der Waals surface area contributed by atoms with Crippen LogP contribution in [0.2, 0.25) is 0 Å². The Hall–Kier alpha value is -3.56. The van der Waals surface area contributed by atoms with Crippen LogP contribution in [0.15, 0.2) is 113 Å². The Bertz CT molecular complexity index is 1490. The van der Waals surface area contributed by atoms with Crippen molar-refractivity contribution in [3.05, 3.63) is 134 Å². The molecule has 0 aromatic heterocycles. The normalized spacial score (nSPS) is 15.2. The van der Waals surface area contributed by atoms with Gasteiger partial charge >= 0.3 is 0 Å². The van der Waals surface area contributed by atoms with Gasteiger partial charge in [-0.05, 0) is 74.8 Å². The molecule has 5 rings (SSSR count). The van der Waals surface area contributed by atoms with Crippen LogP contribution in [0.3, 0.4) is 0 Å². The van der Waals surface area contributed by atoms with Crippen LogP contribution in [-0.4, -0.2) is 23.1 Å². The van der Waals surface area contributed by atoms with E-state index in [0.717, 1.165) is 25.8 Å². The van der Waals surface area contributed by atoms with E-state index >= 15 is 0 Å². The molecular formula is C32H27IN2O3S. The molecule has 0 atom stereocenters. The number of benzene rings is 4. The third kappa shape index (κ3) is 6.91. The minimum atomic E-state index is -0.0611. The van der Waals surface area contributed by atoms with E-state index in [4.69, 9.17) is 14.5 Å². The highest BCUT2D eigenvalue weighted by Gasteiger charge is 2.33. The van der Waals surface area contributed by atoms with Crippen molar-refractivity contribution < 1.29 is 14.3 Å². The fourth-order valence-corrected chi connectivity index (χ4v) is 5.87. The first-order valence-corrected chi connectivity index (χ1v) is 14.4. The summed E-state index contributed by atoms with van der Waals surface area (Å²) in [6, 6.07) is 34.0. The number of carbonyl (C=O) groups excluding carboxylic acids is 1. The lowest BCUT2D eigenvalue weighted by Gasteiger charge is -2.16. The second-order valence-corrected chi connectivity index (χ2v) is 11.1. The van der Waals surface area contributed by atoms with Gasteiger partial charge in [-0.2, -0.15) is 0 Å². The third-order valence-electron chi connectivity index (χ3n) is 6.09. The van der Waals surface area contributed by atoms with Gasteiger partial charge in [-0.25, -0.2) is 0 Å². The Balaban J connectivity index is 1.41. The lowest BCUT2D eigenvalue weighted by Crippen LogP contribution is -2.28. The summed E-state index contributed by atoms with van der Waals surface area (Å²) in [5.74, 6) is 1.25. The molecule has 0 N–H and O–H groups in total. The number of aliphatic imine (C=N–C) groups is 1. The quantitative estimate of drug-likeness (QED) is 0.139. The first kappa shape index (κ1) is 27.0. The van der Waals surface area contributed by atoms with Gasteiger partial charge in [0.2, 0.25) is 0 Å². The summed E-state index contributed by atoms with van der Waals surface area (Å²) in [5, 5.41) is 0.698. The number of rotatable bonds is 9. The number of halogens is 1. The highest BCUT2D eigenvalue weighted by atomic mass is 127. The Morgan fingerprint density at radius 3 is 2.13 bits per heavy atom. The number of amidine groups is 1. The Morgan fingerprint density at radius 1 is 0.872 bits per heavy atom. The van der Waals surface area contributed by atoms with Gasteiger partial charge in [-0.15, -0.1) is 0 Å². The molecule has 0 radical (unpaired) electrons. The molecule has 0 bridgehead atoms. The highest BCUT2D eigenvalue weighted by molar-refractivity contribution is 14.1. The zero-order valence-electron chi connectivity index (χ0n) is 21.4. The molecule has 0 saturated carbocycles. The lowest BCUT2D eigenvalue weighted by atomic mass is 10.1. The monoisotopic (exact) mass is 646 g/mol. The average molecular weight is 647 g/mol. The molecule has 0 aliphatic carbocycles. The topological polar surface area (TPSA) is 51.1 Å². The summed E-state index contributed by atoms with van der Waals surface area (Å²) < 4.78 is 12.7. The minimum absolute atomic E-state index is 0.0611. The smallest absolute Gasteiger partial charge is 0.267 e. The van der Waals surface area contributed by atoms with Crippen molar-refractivity contribution in [3.63, 3.8) is 0 Å². The largest absolute Gasteiger partial charge is 0.493 e. The van der Waals surface area contributed by atoms with Crippen LogP contribution in [0, 0.1) is 3.57 Å². The summed E-state index contributed by atoms with van der Waals surface area (Å²) in [4.78, 5) is 20.8. The van der Waals surface area contributed by atoms with E-state index in [1.54, 1.807) is 12.0 Å². The van der Waals surface area contributed by atoms with E-state index in [0.29, 0.717) is 41.3 Å². The first-order chi connectivity index (χ1) is 19.1. The van der Waals surface area contributed by atoms with Gasteiger partial charge in [0, 0.05) is 0 Å². The lowest BCUT2D eigenvalue weighted by molar-refractivity contribution is -0.122. The van der Waals surface area contributed by atoms with Crippen molar-refractivity contribution in [1.29, 1.82) is 0 Å². The molecule has 4 aromatic carbocycles. The maximum absolute atomic E-state index is 13.6. The molecule has 1 aliphatic heterocycles. The molecule has 4 aromatic rings. The van der Waals surface area contributed by atoms with Crippen LogP contribution in [0.4, 0.5) is 0 Å². The number of hydrogen-bond donors (Lipinski definition) is 0. The molecule has 0 spiro atoms. The Kier molecular flexibility index (Phi) is 9.00. The molecule has 1 heterocycles. The van der Waals surface area contributed by atoms with Crippen LogP contribution < -0.4 is 9.47 Å². The van der Waals surface area contributed by atoms with Gasteiger partial charge in [-0.1, -0.05) is 91.0 Å². The summed E-state index contributed by atoms with van der Waals surface area (Å²) in [5.41, 5.74) is 4.09. The summed E-state index contributed by atoms with van der Waals surface area (Å²) in [7, 11) is 1.63. The molecule has 1 amide bonds. The molecule has 0 unspecified atom stereocenters. The number of hydrogen-bond acceptors (Lipinski definition) is 5. The van der Waals surface area contributed by atoms with Gasteiger partial charge in [-0.3, -0.25) is 14.7 Å². The molecule has 5 nitrogen and oxygen atoms in total. The van der Waals surface area contributed by atoms with Crippen LogP contribution in [0.25, 0.3) is 6.08 Å². The number of ether oxygens (including phenoxy) is 2. The molecule has 39 heavy (non-hydrogen) atoms. The van der Waals surface area contributed by atoms with E-state index < -0.39 is 0 Å². The number of thioether (sulfide) groups is 1. The molecule has 196 valence electrons. The fraction of sp³-hybridized carbons (Fsp3) is 0.125. The zero-order valence-corrected chi connectivity index (χ0v) is 24.4. The number of methoxy groups -OCH3 is 1. The van der Waals surface area contributed by atoms with Crippen LogP contribution in [0.5, 0.6) is 11.5 Å².